The van der Waals surface area contributed by atoms with Crippen LogP contribution < -0.4 is 26.6 Å². The predicted molar refractivity (Wildman–Crippen MR) is 119 cm³/mol. The van der Waals surface area contributed by atoms with E-state index in [0.717, 1.165) is 24.0 Å². The number of benzene rings is 1. The molecule has 0 saturated heterocycles. The lowest BCUT2D eigenvalue weighted by Crippen LogP contribution is -2.44. The van der Waals surface area contributed by atoms with Gasteiger partial charge in [-0.05, 0) is 37.8 Å². The van der Waals surface area contributed by atoms with Crippen molar-refractivity contribution in [2.24, 2.45) is 5.92 Å². The lowest BCUT2D eigenvalue weighted by molar-refractivity contribution is -0.120. The molecule has 1 heterocycles. The quantitative estimate of drug-likeness (QED) is 0.653. The second-order valence-electron chi connectivity index (χ2n) is 7.95. The van der Waals surface area contributed by atoms with Crippen molar-refractivity contribution < 1.29 is 9.53 Å². The molecule has 0 unspecified atom stereocenters. The Labute approximate surface area is 176 Å². The third-order valence-corrected chi connectivity index (χ3v) is 4.75. The number of carbonyl (C=O) groups excluding carboxylic acids is 1. The maximum Gasteiger partial charge on any atom is 0.330 e. The van der Waals surface area contributed by atoms with Gasteiger partial charge in [-0.15, -0.1) is 0 Å². The van der Waals surface area contributed by atoms with E-state index in [1.165, 1.54) is 9.47 Å². The highest BCUT2D eigenvalue weighted by atomic mass is 16.5. The number of H-pyrrole nitrogens is 1. The Morgan fingerprint density at radius 1 is 1.27 bits per heavy atom. The molecule has 30 heavy (non-hydrogen) atoms. The predicted octanol–water partition coefficient (Wildman–Crippen LogP) is 2.60. The molecule has 0 aliphatic heterocycles. The van der Waals surface area contributed by atoms with Gasteiger partial charge in [-0.3, -0.25) is 19.1 Å². The summed E-state index contributed by atoms with van der Waals surface area (Å²) in [5.41, 5.74) is 6.96. The SMILES string of the molecule is CCCCn1c(N)c(N(CC(C)C)C(=O)COc2ccc(C)cc2C)c(=O)[nH]c1=O. The number of hydrogen-bond donors (Lipinski definition) is 2. The molecule has 0 spiro atoms. The molecule has 1 amide bonds. The number of unbranched alkanes of at least 4 members (excludes halogenated alkanes) is 1. The molecule has 1 aromatic carbocycles. The van der Waals surface area contributed by atoms with Crippen molar-refractivity contribution in [2.45, 2.75) is 54.0 Å². The van der Waals surface area contributed by atoms with Crippen LogP contribution in [0.25, 0.3) is 0 Å². The van der Waals surface area contributed by atoms with Crippen LogP contribution in [-0.4, -0.2) is 28.6 Å². The standard InChI is InChI=1S/C22H32N4O4/c1-6-7-10-25-20(23)19(21(28)24-22(25)29)26(12-14(2)3)18(27)13-30-17-9-8-15(4)11-16(17)5/h8-9,11,14H,6-7,10,12-13,23H2,1-5H3,(H,24,28,29). The average Bonchev–Trinajstić information content (AvgIpc) is 2.65. The molecule has 0 fully saturated rings. The molecule has 3 N–H and O–H groups in total. The first-order chi connectivity index (χ1) is 14.1. The van der Waals surface area contributed by atoms with Crippen molar-refractivity contribution >= 4 is 17.4 Å². The first-order valence-electron chi connectivity index (χ1n) is 10.3. The van der Waals surface area contributed by atoms with Crippen LogP contribution in [0.1, 0.15) is 44.7 Å². The van der Waals surface area contributed by atoms with E-state index in [0.29, 0.717) is 12.3 Å². The van der Waals surface area contributed by atoms with E-state index < -0.39 is 17.2 Å². The second kappa shape index (κ2) is 10.1. The van der Waals surface area contributed by atoms with E-state index in [9.17, 15) is 14.4 Å². The molecule has 0 aliphatic rings. The number of nitrogen functional groups attached to an aromatic ring is 1. The lowest BCUT2D eigenvalue weighted by atomic mass is 10.1. The van der Waals surface area contributed by atoms with Gasteiger partial charge in [0.25, 0.3) is 11.5 Å². The smallest absolute Gasteiger partial charge is 0.330 e. The maximum atomic E-state index is 13.1. The molecule has 2 rings (SSSR count). The minimum Gasteiger partial charge on any atom is -0.483 e. The van der Waals surface area contributed by atoms with Gasteiger partial charge in [0.2, 0.25) is 0 Å². The van der Waals surface area contributed by atoms with Gasteiger partial charge >= 0.3 is 5.69 Å². The van der Waals surface area contributed by atoms with Gasteiger partial charge < -0.3 is 15.4 Å². The summed E-state index contributed by atoms with van der Waals surface area (Å²) < 4.78 is 7.03. The van der Waals surface area contributed by atoms with Crippen molar-refractivity contribution in [3.63, 3.8) is 0 Å². The Morgan fingerprint density at radius 3 is 2.57 bits per heavy atom. The highest BCUT2D eigenvalue weighted by molar-refractivity contribution is 5.96. The second-order valence-corrected chi connectivity index (χ2v) is 7.95. The normalized spacial score (nSPS) is 11.0. The summed E-state index contributed by atoms with van der Waals surface area (Å²) in [5.74, 6) is 0.275. The molecule has 8 nitrogen and oxygen atoms in total. The number of hydrogen-bond acceptors (Lipinski definition) is 5. The monoisotopic (exact) mass is 416 g/mol. The zero-order chi connectivity index (χ0) is 22.4. The largest absolute Gasteiger partial charge is 0.483 e. The summed E-state index contributed by atoms with van der Waals surface area (Å²) in [5, 5.41) is 0. The Hall–Kier alpha value is -3.03. The molecule has 0 atom stereocenters. The minimum absolute atomic E-state index is 0.00211. The van der Waals surface area contributed by atoms with E-state index >= 15 is 0 Å². The number of nitrogens with two attached hydrogens (primary N) is 1. The lowest BCUT2D eigenvalue weighted by Gasteiger charge is -2.26. The van der Waals surface area contributed by atoms with Crippen LogP contribution in [-0.2, 0) is 11.3 Å². The van der Waals surface area contributed by atoms with Gasteiger partial charge in [0, 0.05) is 13.1 Å². The van der Waals surface area contributed by atoms with Crippen molar-refractivity contribution in [2.75, 3.05) is 23.8 Å². The fourth-order valence-electron chi connectivity index (χ4n) is 3.24. The fourth-order valence-corrected chi connectivity index (χ4v) is 3.24. The number of aromatic amines is 1. The van der Waals surface area contributed by atoms with E-state index in [1.807, 2.05) is 52.8 Å². The van der Waals surface area contributed by atoms with Crippen LogP contribution in [0.5, 0.6) is 5.75 Å². The van der Waals surface area contributed by atoms with Gasteiger partial charge in [-0.1, -0.05) is 44.9 Å². The number of anilines is 2. The van der Waals surface area contributed by atoms with Gasteiger partial charge in [-0.2, -0.15) is 0 Å². The van der Waals surface area contributed by atoms with Gasteiger partial charge in [-0.25, -0.2) is 4.79 Å². The van der Waals surface area contributed by atoms with Crippen LogP contribution in [0.4, 0.5) is 11.5 Å². The van der Waals surface area contributed by atoms with Crippen LogP contribution in [0.15, 0.2) is 27.8 Å². The highest BCUT2D eigenvalue weighted by Crippen LogP contribution is 2.21. The highest BCUT2D eigenvalue weighted by Gasteiger charge is 2.25. The van der Waals surface area contributed by atoms with E-state index in [-0.39, 0.29) is 30.6 Å². The number of amides is 1. The molecule has 0 radical (unpaired) electrons. The minimum atomic E-state index is -0.675. The number of nitrogens with zero attached hydrogens (tertiary/aromatic N) is 2. The Balaban J connectivity index is 2.38. The van der Waals surface area contributed by atoms with Crippen molar-refractivity contribution in [3.8, 4) is 5.75 Å². The van der Waals surface area contributed by atoms with Gasteiger partial charge in [0.15, 0.2) is 12.3 Å². The molecule has 2 aromatic rings. The van der Waals surface area contributed by atoms with Crippen molar-refractivity contribution in [1.29, 1.82) is 0 Å². The summed E-state index contributed by atoms with van der Waals surface area (Å²) in [6.07, 6.45) is 1.59. The molecule has 0 aliphatic carbocycles. The number of carbonyl (C=O) groups is 1. The Kier molecular flexibility index (Phi) is 7.86. The number of ether oxygens (including phenoxy) is 1. The van der Waals surface area contributed by atoms with Crippen LogP contribution in [0.2, 0.25) is 0 Å². The topological polar surface area (TPSA) is 110 Å². The van der Waals surface area contributed by atoms with Gasteiger partial charge in [0.05, 0.1) is 0 Å². The first kappa shape index (κ1) is 23.3. The van der Waals surface area contributed by atoms with Crippen LogP contribution in [0, 0.1) is 19.8 Å². The molecule has 164 valence electrons. The molecular weight excluding hydrogens is 384 g/mol. The molecular formula is C22H32N4O4. The number of nitrogens with one attached hydrogen (secondary N) is 1. The Bertz CT molecular complexity index is 1010. The average molecular weight is 417 g/mol. The first-order valence-corrected chi connectivity index (χ1v) is 10.3. The van der Waals surface area contributed by atoms with E-state index in [2.05, 4.69) is 4.98 Å². The maximum absolute atomic E-state index is 13.1. The zero-order valence-corrected chi connectivity index (χ0v) is 18.4. The van der Waals surface area contributed by atoms with Gasteiger partial charge in [0.1, 0.15) is 11.6 Å². The zero-order valence-electron chi connectivity index (χ0n) is 18.4. The molecule has 1 aromatic heterocycles. The summed E-state index contributed by atoms with van der Waals surface area (Å²) in [4.78, 5) is 41.5. The van der Waals surface area contributed by atoms with Crippen LogP contribution >= 0.6 is 0 Å². The van der Waals surface area contributed by atoms with Crippen molar-refractivity contribution in [3.05, 3.63) is 50.2 Å². The number of rotatable bonds is 9. The molecule has 0 bridgehead atoms. The van der Waals surface area contributed by atoms with E-state index in [4.69, 9.17) is 10.5 Å². The third kappa shape index (κ3) is 5.52. The molecule has 0 saturated carbocycles. The molecule has 8 heteroatoms. The van der Waals surface area contributed by atoms with Crippen molar-refractivity contribution in [1.82, 2.24) is 9.55 Å². The fraction of sp³-hybridized carbons (Fsp3) is 0.500. The number of aromatic nitrogens is 2. The summed E-state index contributed by atoms with van der Waals surface area (Å²) in [7, 11) is 0. The third-order valence-electron chi connectivity index (χ3n) is 4.75. The summed E-state index contributed by atoms with van der Waals surface area (Å²) in [6, 6.07) is 5.69. The summed E-state index contributed by atoms with van der Waals surface area (Å²) in [6.45, 7) is 10.1. The number of aryl methyl sites for hydroxylation is 2. The summed E-state index contributed by atoms with van der Waals surface area (Å²) >= 11 is 0. The van der Waals surface area contributed by atoms with E-state index in [1.54, 1.807) is 0 Å². The van der Waals surface area contributed by atoms with Crippen LogP contribution in [0.3, 0.4) is 0 Å². The Morgan fingerprint density at radius 2 is 1.97 bits per heavy atom.